The maximum absolute atomic E-state index is 12.5. The Morgan fingerprint density at radius 1 is 1.03 bits per heavy atom. The van der Waals surface area contributed by atoms with Gasteiger partial charge in [0.2, 0.25) is 0 Å². The fourth-order valence-corrected chi connectivity index (χ4v) is 3.11. The molecule has 0 spiro atoms. The lowest BCUT2D eigenvalue weighted by atomic mass is 10.1. The van der Waals surface area contributed by atoms with E-state index in [-0.39, 0.29) is 17.6 Å². The van der Waals surface area contributed by atoms with Gasteiger partial charge in [-0.2, -0.15) is 0 Å². The van der Waals surface area contributed by atoms with Gasteiger partial charge in [-0.15, -0.1) is 0 Å². The number of hydrogen-bond donors (Lipinski definition) is 2. The summed E-state index contributed by atoms with van der Waals surface area (Å²) in [6.45, 7) is 0.363. The topological polar surface area (TPSA) is 76.7 Å². The van der Waals surface area contributed by atoms with Gasteiger partial charge in [0, 0.05) is 17.7 Å². The summed E-state index contributed by atoms with van der Waals surface area (Å²) < 4.78 is 11.0. The molecule has 2 amide bonds. The van der Waals surface area contributed by atoms with E-state index in [1.165, 1.54) is 0 Å². The number of hydrogen-bond acceptors (Lipinski definition) is 4. The zero-order valence-corrected chi connectivity index (χ0v) is 16.3. The Kier molecular flexibility index (Phi) is 5.48. The summed E-state index contributed by atoms with van der Waals surface area (Å²) in [5.41, 5.74) is 2.81. The third kappa shape index (κ3) is 4.17. The van der Waals surface area contributed by atoms with Crippen molar-refractivity contribution in [1.82, 2.24) is 5.32 Å². The van der Waals surface area contributed by atoms with Crippen LogP contribution in [-0.4, -0.2) is 18.9 Å². The Bertz CT molecular complexity index is 1120. The smallest absolute Gasteiger partial charge is 0.291 e. The number of nitrogens with one attached hydrogen (secondary N) is 2. The number of carbonyl (C=O) groups is 2. The molecule has 0 saturated heterocycles. The number of fused-ring (bicyclic) bond motifs is 1. The van der Waals surface area contributed by atoms with Gasteiger partial charge in [0.1, 0.15) is 5.75 Å². The summed E-state index contributed by atoms with van der Waals surface area (Å²) in [7, 11) is 1.60. The van der Waals surface area contributed by atoms with E-state index in [0.717, 1.165) is 16.9 Å². The Hall–Kier alpha value is -4.06. The molecule has 3 aromatic rings. The zero-order chi connectivity index (χ0) is 20.9. The Morgan fingerprint density at radius 2 is 1.77 bits per heavy atom. The van der Waals surface area contributed by atoms with Crippen molar-refractivity contribution in [2.75, 3.05) is 12.4 Å². The van der Waals surface area contributed by atoms with Gasteiger partial charge in [-0.05, 0) is 42.0 Å². The lowest BCUT2D eigenvalue weighted by molar-refractivity contribution is -0.115. The first-order chi connectivity index (χ1) is 14.6. The van der Waals surface area contributed by atoms with Crippen molar-refractivity contribution in [1.29, 1.82) is 0 Å². The number of carbonyl (C=O) groups excluding carboxylic acids is 2. The second kappa shape index (κ2) is 8.53. The minimum atomic E-state index is -0.313. The maximum atomic E-state index is 12.5. The van der Waals surface area contributed by atoms with Crippen molar-refractivity contribution < 1.29 is 19.1 Å². The van der Waals surface area contributed by atoms with Gasteiger partial charge in [0.05, 0.1) is 12.8 Å². The molecule has 4 rings (SSSR count). The highest BCUT2D eigenvalue weighted by Crippen LogP contribution is 2.30. The molecule has 0 bridgehead atoms. The monoisotopic (exact) mass is 400 g/mol. The fraction of sp³-hybridized carbons (Fsp3) is 0.0833. The van der Waals surface area contributed by atoms with Gasteiger partial charge < -0.3 is 20.1 Å². The van der Waals surface area contributed by atoms with Gasteiger partial charge in [0.25, 0.3) is 11.8 Å². The van der Waals surface area contributed by atoms with Gasteiger partial charge in [-0.3, -0.25) is 9.59 Å². The Balaban J connectivity index is 1.43. The molecule has 0 saturated carbocycles. The lowest BCUT2D eigenvalue weighted by Crippen LogP contribution is -2.23. The van der Waals surface area contributed by atoms with Crippen LogP contribution in [0.5, 0.6) is 11.5 Å². The minimum Gasteiger partial charge on any atom is -0.496 e. The van der Waals surface area contributed by atoms with Crippen molar-refractivity contribution in [3.8, 4) is 11.5 Å². The second-order valence-electron chi connectivity index (χ2n) is 6.68. The first-order valence-electron chi connectivity index (χ1n) is 9.44. The SMILES string of the molecule is COc1ccccc1CNC(=O)c1ccc(/C=C2/Oc3ccccc3NC2=O)cc1. The Morgan fingerprint density at radius 3 is 2.57 bits per heavy atom. The van der Waals surface area contributed by atoms with Crippen LogP contribution >= 0.6 is 0 Å². The van der Waals surface area contributed by atoms with Gasteiger partial charge >= 0.3 is 0 Å². The van der Waals surface area contributed by atoms with Gasteiger partial charge in [0.15, 0.2) is 11.5 Å². The van der Waals surface area contributed by atoms with Crippen LogP contribution in [0.25, 0.3) is 6.08 Å². The largest absolute Gasteiger partial charge is 0.496 e. The van der Waals surface area contributed by atoms with Crippen molar-refractivity contribution in [2.24, 2.45) is 0 Å². The van der Waals surface area contributed by atoms with E-state index in [1.807, 2.05) is 36.4 Å². The van der Waals surface area contributed by atoms with E-state index in [1.54, 1.807) is 49.6 Å². The first-order valence-corrected chi connectivity index (χ1v) is 9.44. The third-order valence-electron chi connectivity index (χ3n) is 4.68. The highest BCUT2D eigenvalue weighted by Gasteiger charge is 2.21. The summed E-state index contributed by atoms with van der Waals surface area (Å²) in [5, 5.41) is 5.68. The molecular weight excluding hydrogens is 380 g/mol. The van der Waals surface area contributed by atoms with Crippen molar-refractivity contribution >= 4 is 23.6 Å². The molecule has 0 fully saturated rings. The Labute approximate surface area is 174 Å². The molecule has 3 aromatic carbocycles. The zero-order valence-electron chi connectivity index (χ0n) is 16.3. The van der Waals surface area contributed by atoms with E-state index < -0.39 is 0 Å². The molecule has 0 unspecified atom stereocenters. The number of anilines is 1. The molecule has 6 nitrogen and oxygen atoms in total. The van der Waals surface area contributed by atoms with Crippen LogP contribution in [0.4, 0.5) is 5.69 Å². The summed E-state index contributed by atoms with van der Waals surface area (Å²) in [6.07, 6.45) is 1.64. The molecule has 0 aliphatic carbocycles. The van der Waals surface area contributed by atoms with Crippen LogP contribution in [0.2, 0.25) is 0 Å². The van der Waals surface area contributed by atoms with E-state index in [0.29, 0.717) is 23.5 Å². The van der Waals surface area contributed by atoms with Crippen LogP contribution in [-0.2, 0) is 11.3 Å². The lowest BCUT2D eigenvalue weighted by Gasteiger charge is -2.19. The summed E-state index contributed by atoms with van der Waals surface area (Å²) in [6, 6.07) is 21.7. The third-order valence-corrected chi connectivity index (χ3v) is 4.68. The van der Waals surface area contributed by atoms with E-state index in [4.69, 9.17) is 9.47 Å². The summed E-state index contributed by atoms with van der Waals surface area (Å²) >= 11 is 0. The van der Waals surface area contributed by atoms with Crippen molar-refractivity contribution in [2.45, 2.75) is 6.54 Å². The molecular formula is C24H20N2O4. The predicted molar refractivity (Wildman–Crippen MR) is 114 cm³/mol. The maximum Gasteiger partial charge on any atom is 0.291 e. The average Bonchev–Trinajstić information content (AvgIpc) is 2.78. The molecule has 1 aliphatic heterocycles. The van der Waals surface area contributed by atoms with E-state index in [9.17, 15) is 9.59 Å². The highest BCUT2D eigenvalue weighted by molar-refractivity contribution is 6.08. The number of para-hydroxylation sites is 3. The number of amides is 2. The number of ether oxygens (including phenoxy) is 2. The fourth-order valence-electron chi connectivity index (χ4n) is 3.11. The van der Waals surface area contributed by atoms with E-state index in [2.05, 4.69) is 10.6 Å². The highest BCUT2D eigenvalue weighted by atomic mass is 16.5. The molecule has 1 aliphatic rings. The van der Waals surface area contributed by atoms with Crippen LogP contribution in [0.1, 0.15) is 21.5 Å². The molecule has 0 radical (unpaired) electrons. The van der Waals surface area contributed by atoms with Crippen LogP contribution in [0.3, 0.4) is 0 Å². The molecule has 6 heteroatoms. The normalized spacial score (nSPS) is 13.8. The van der Waals surface area contributed by atoms with Crippen LogP contribution < -0.4 is 20.1 Å². The van der Waals surface area contributed by atoms with Crippen molar-refractivity contribution in [3.05, 3.63) is 95.2 Å². The number of methoxy groups -OCH3 is 1. The molecule has 2 N–H and O–H groups in total. The molecule has 0 aromatic heterocycles. The average molecular weight is 400 g/mol. The molecule has 30 heavy (non-hydrogen) atoms. The quantitative estimate of drug-likeness (QED) is 0.635. The number of benzene rings is 3. The van der Waals surface area contributed by atoms with E-state index >= 15 is 0 Å². The minimum absolute atomic E-state index is 0.194. The molecule has 150 valence electrons. The summed E-state index contributed by atoms with van der Waals surface area (Å²) in [4.78, 5) is 24.7. The van der Waals surface area contributed by atoms with Gasteiger partial charge in [-0.1, -0.05) is 42.5 Å². The standard InChI is InChI=1S/C24H20N2O4/c1-29-20-8-4-2-6-18(20)15-25-23(27)17-12-10-16(11-13-17)14-22-24(28)26-19-7-3-5-9-21(19)30-22/h2-14H,15H2,1H3,(H,25,27)(H,26,28)/b22-14+. The molecule has 0 atom stereocenters. The number of rotatable bonds is 5. The first kappa shape index (κ1) is 19.3. The van der Waals surface area contributed by atoms with Crippen LogP contribution in [0.15, 0.2) is 78.6 Å². The predicted octanol–water partition coefficient (Wildman–Crippen LogP) is 4.00. The second-order valence-corrected chi connectivity index (χ2v) is 6.68. The van der Waals surface area contributed by atoms with Crippen LogP contribution in [0, 0.1) is 0 Å². The summed E-state index contributed by atoms with van der Waals surface area (Å²) in [5.74, 6) is 1.01. The molecule has 1 heterocycles. The van der Waals surface area contributed by atoms with Gasteiger partial charge in [-0.25, -0.2) is 0 Å². The van der Waals surface area contributed by atoms with Crippen molar-refractivity contribution in [3.63, 3.8) is 0 Å².